The Bertz CT molecular complexity index is 821. The molecule has 0 saturated carbocycles. The lowest BCUT2D eigenvalue weighted by Crippen LogP contribution is -2.15. The van der Waals surface area contributed by atoms with Crippen molar-refractivity contribution in [3.63, 3.8) is 0 Å². The van der Waals surface area contributed by atoms with Crippen LogP contribution in [-0.4, -0.2) is 37.8 Å². The minimum atomic E-state index is -0.542. The van der Waals surface area contributed by atoms with E-state index >= 15 is 0 Å². The van der Waals surface area contributed by atoms with Gasteiger partial charge in [-0.15, -0.1) is 0 Å². The lowest BCUT2D eigenvalue weighted by Gasteiger charge is -2.10. The molecule has 7 nitrogen and oxygen atoms in total. The average Bonchev–Trinajstić information content (AvgIpc) is 3.16. The van der Waals surface area contributed by atoms with E-state index in [9.17, 15) is 4.39 Å². The molecule has 1 aliphatic heterocycles. The Labute approximate surface area is 125 Å². The molecule has 1 saturated heterocycles. The number of nitrogen functional groups attached to an aromatic ring is 1. The van der Waals surface area contributed by atoms with E-state index in [2.05, 4.69) is 25.4 Å². The van der Waals surface area contributed by atoms with Crippen molar-refractivity contribution < 1.29 is 4.39 Å². The minimum Gasteiger partial charge on any atom is -0.383 e. The summed E-state index contributed by atoms with van der Waals surface area (Å²) in [5.41, 5.74) is 7.33. The number of nitrogens with one attached hydrogen (secondary N) is 1. The number of fused-ring (bicyclic) bond motifs is 1. The van der Waals surface area contributed by atoms with Gasteiger partial charge in [-0.05, 0) is 25.1 Å². The molecule has 0 aromatic carbocycles. The van der Waals surface area contributed by atoms with Crippen molar-refractivity contribution in [3.05, 3.63) is 30.5 Å². The molecule has 3 aromatic heterocycles. The summed E-state index contributed by atoms with van der Waals surface area (Å²) < 4.78 is 14.8. The Balaban J connectivity index is 1.86. The van der Waals surface area contributed by atoms with E-state index in [0.717, 1.165) is 24.9 Å². The Hall–Kier alpha value is -2.61. The number of nitrogens with zero attached hydrogens (tertiary/aromatic N) is 5. The Morgan fingerprint density at radius 1 is 1.27 bits per heavy atom. The van der Waals surface area contributed by atoms with Gasteiger partial charge in [-0.2, -0.15) is 9.49 Å². The lowest BCUT2D eigenvalue weighted by molar-refractivity contribution is 0.503. The summed E-state index contributed by atoms with van der Waals surface area (Å²) in [5, 5.41) is 8.44. The van der Waals surface area contributed by atoms with Crippen LogP contribution in [0, 0.1) is 5.95 Å². The summed E-state index contributed by atoms with van der Waals surface area (Å²) in [4.78, 5) is 12.5. The van der Waals surface area contributed by atoms with Crippen molar-refractivity contribution in [3.8, 4) is 11.4 Å². The van der Waals surface area contributed by atoms with E-state index in [1.807, 2.05) is 4.68 Å². The summed E-state index contributed by atoms with van der Waals surface area (Å²) in [5.74, 6) is 0.242. The van der Waals surface area contributed by atoms with Crippen LogP contribution in [0.3, 0.4) is 0 Å². The standard InChI is InChI=1S/C14H14FN7/c15-11-2-1-8(5-18-11)13-20-12(16)10-7-19-22(14(10)21-13)9-3-4-17-6-9/h1-2,5,7,9,17H,3-4,6H2,(H2,16,20,21)/t9-/m0/s1. The van der Waals surface area contributed by atoms with Gasteiger partial charge >= 0.3 is 0 Å². The number of rotatable bonds is 2. The lowest BCUT2D eigenvalue weighted by atomic mass is 10.2. The second-order valence-corrected chi connectivity index (χ2v) is 5.28. The van der Waals surface area contributed by atoms with Crippen LogP contribution in [0.1, 0.15) is 12.5 Å². The van der Waals surface area contributed by atoms with E-state index in [4.69, 9.17) is 5.73 Å². The predicted octanol–water partition coefficient (Wildman–Crippen LogP) is 1.14. The van der Waals surface area contributed by atoms with E-state index < -0.39 is 5.95 Å². The van der Waals surface area contributed by atoms with Crippen molar-refractivity contribution in [1.82, 2.24) is 30.0 Å². The smallest absolute Gasteiger partial charge is 0.212 e. The minimum absolute atomic E-state index is 0.256. The van der Waals surface area contributed by atoms with Gasteiger partial charge in [-0.3, -0.25) is 0 Å². The quantitative estimate of drug-likeness (QED) is 0.689. The molecule has 0 unspecified atom stereocenters. The number of nitrogens with two attached hydrogens (primary N) is 1. The molecule has 0 bridgehead atoms. The van der Waals surface area contributed by atoms with Crippen LogP contribution in [0.25, 0.3) is 22.4 Å². The predicted molar refractivity (Wildman–Crippen MR) is 79.4 cm³/mol. The van der Waals surface area contributed by atoms with E-state index in [1.54, 1.807) is 12.3 Å². The van der Waals surface area contributed by atoms with Gasteiger partial charge in [0.15, 0.2) is 11.5 Å². The van der Waals surface area contributed by atoms with Crippen molar-refractivity contribution in [2.45, 2.75) is 12.5 Å². The molecule has 0 amide bonds. The molecule has 4 rings (SSSR count). The normalized spacial score (nSPS) is 18.1. The van der Waals surface area contributed by atoms with Gasteiger partial charge in [0.1, 0.15) is 5.82 Å². The molecule has 3 aromatic rings. The molecule has 0 radical (unpaired) electrons. The van der Waals surface area contributed by atoms with Crippen LogP contribution in [0.15, 0.2) is 24.5 Å². The highest BCUT2D eigenvalue weighted by Crippen LogP contribution is 2.26. The first-order chi connectivity index (χ1) is 10.7. The van der Waals surface area contributed by atoms with E-state index in [-0.39, 0.29) is 6.04 Å². The Morgan fingerprint density at radius 2 is 2.18 bits per heavy atom. The third-order valence-electron chi connectivity index (χ3n) is 3.85. The highest BCUT2D eigenvalue weighted by atomic mass is 19.1. The molecule has 4 heterocycles. The monoisotopic (exact) mass is 299 g/mol. The first-order valence-electron chi connectivity index (χ1n) is 7.06. The van der Waals surface area contributed by atoms with Gasteiger partial charge in [-0.1, -0.05) is 0 Å². The van der Waals surface area contributed by atoms with Gasteiger partial charge in [0, 0.05) is 18.3 Å². The summed E-state index contributed by atoms with van der Waals surface area (Å²) in [6, 6.07) is 3.11. The second kappa shape index (κ2) is 4.99. The van der Waals surface area contributed by atoms with Crippen LogP contribution in [-0.2, 0) is 0 Å². The van der Waals surface area contributed by atoms with Gasteiger partial charge in [-0.25, -0.2) is 19.6 Å². The third kappa shape index (κ3) is 2.08. The molecular weight excluding hydrogens is 285 g/mol. The molecule has 1 atom stereocenters. The fourth-order valence-corrected chi connectivity index (χ4v) is 2.70. The zero-order valence-corrected chi connectivity index (χ0v) is 11.7. The van der Waals surface area contributed by atoms with Crippen molar-refractivity contribution in [2.75, 3.05) is 18.8 Å². The molecule has 0 spiro atoms. The molecule has 1 aliphatic rings. The molecule has 3 N–H and O–H groups in total. The molecule has 22 heavy (non-hydrogen) atoms. The molecular formula is C14H14FN7. The number of halogens is 1. The zero-order chi connectivity index (χ0) is 15.1. The highest BCUT2D eigenvalue weighted by Gasteiger charge is 2.21. The van der Waals surface area contributed by atoms with Crippen LogP contribution in [0.4, 0.5) is 10.2 Å². The number of pyridine rings is 1. The summed E-state index contributed by atoms with van der Waals surface area (Å²) in [7, 11) is 0. The largest absolute Gasteiger partial charge is 0.383 e. The SMILES string of the molecule is Nc1nc(-c2ccc(F)nc2)nc2c1cnn2[C@H]1CCNC1. The topological polar surface area (TPSA) is 94.5 Å². The molecule has 112 valence electrons. The maximum absolute atomic E-state index is 13.0. The molecule has 1 fully saturated rings. The maximum Gasteiger partial charge on any atom is 0.212 e. The van der Waals surface area contributed by atoms with Crippen LogP contribution in [0.2, 0.25) is 0 Å². The summed E-state index contributed by atoms with van der Waals surface area (Å²) in [6.07, 6.45) is 4.08. The second-order valence-electron chi connectivity index (χ2n) is 5.28. The fraction of sp³-hybridized carbons (Fsp3) is 0.286. The van der Waals surface area contributed by atoms with Crippen LogP contribution >= 0.6 is 0 Å². The molecule has 8 heteroatoms. The number of anilines is 1. The Kier molecular flexibility index (Phi) is 2.97. The van der Waals surface area contributed by atoms with Gasteiger partial charge in [0.25, 0.3) is 0 Å². The van der Waals surface area contributed by atoms with Crippen LogP contribution in [0.5, 0.6) is 0 Å². The first kappa shape index (κ1) is 13.1. The van der Waals surface area contributed by atoms with Gasteiger partial charge < -0.3 is 11.1 Å². The zero-order valence-electron chi connectivity index (χ0n) is 11.7. The Morgan fingerprint density at radius 3 is 2.91 bits per heavy atom. The number of hydrogen-bond donors (Lipinski definition) is 2. The first-order valence-corrected chi connectivity index (χ1v) is 7.06. The maximum atomic E-state index is 13.0. The molecule has 0 aliphatic carbocycles. The number of aromatic nitrogens is 5. The highest BCUT2D eigenvalue weighted by molar-refractivity contribution is 5.86. The van der Waals surface area contributed by atoms with Crippen molar-refractivity contribution in [2.24, 2.45) is 0 Å². The van der Waals surface area contributed by atoms with Gasteiger partial charge in [0.05, 0.1) is 17.6 Å². The fourth-order valence-electron chi connectivity index (χ4n) is 2.70. The number of hydrogen-bond acceptors (Lipinski definition) is 6. The summed E-state index contributed by atoms with van der Waals surface area (Å²) >= 11 is 0. The van der Waals surface area contributed by atoms with E-state index in [0.29, 0.717) is 22.9 Å². The van der Waals surface area contributed by atoms with Gasteiger partial charge in [0.2, 0.25) is 5.95 Å². The van der Waals surface area contributed by atoms with Crippen molar-refractivity contribution >= 4 is 16.9 Å². The van der Waals surface area contributed by atoms with Crippen LogP contribution < -0.4 is 11.1 Å². The van der Waals surface area contributed by atoms with Crippen molar-refractivity contribution in [1.29, 1.82) is 0 Å². The third-order valence-corrected chi connectivity index (χ3v) is 3.85. The average molecular weight is 299 g/mol. The summed E-state index contributed by atoms with van der Waals surface area (Å²) in [6.45, 7) is 1.81. The van der Waals surface area contributed by atoms with E-state index in [1.165, 1.54) is 12.3 Å².